The number of H-pyrrole nitrogens is 1. The first-order chi connectivity index (χ1) is 16.7. The van der Waals surface area contributed by atoms with E-state index in [1.54, 1.807) is 11.4 Å². The van der Waals surface area contributed by atoms with Gasteiger partial charge < -0.3 is 19.4 Å². The van der Waals surface area contributed by atoms with Crippen LogP contribution in [0.2, 0.25) is 0 Å². The number of likely N-dealkylation sites (N-methyl/N-ethyl adjacent to an activating group) is 1. The molecule has 0 radical (unpaired) electrons. The molecule has 0 aliphatic carbocycles. The maximum absolute atomic E-state index is 13.6. The van der Waals surface area contributed by atoms with Gasteiger partial charge in [0.1, 0.15) is 22.2 Å². The fourth-order valence-corrected chi connectivity index (χ4v) is 5.86. The van der Waals surface area contributed by atoms with Crippen LogP contribution in [-0.2, 0) is 16.4 Å². The Bertz CT molecular complexity index is 1390. The maximum Gasteiger partial charge on any atom is 0.277 e. The second kappa shape index (κ2) is 9.96. The Morgan fingerprint density at radius 1 is 1.11 bits per heavy atom. The molecule has 3 aromatic rings. The van der Waals surface area contributed by atoms with Gasteiger partial charge in [-0.15, -0.1) is 5.10 Å². The second-order valence-corrected chi connectivity index (χ2v) is 10.5. The molecule has 35 heavy (non-hydrogen) atoms. The number of aromatic nitrogens is 4. The summed E-state index contributed by atoms with van der Waals surface area (Å²) in [6.07, 6.45) is 1.48. The van der Waals surface area contributed by atoms with Crippen LogP contribution >= 0.6 is 0 Å². The van der Waals surface area contributed by atoms with Crippen LogP contribution in [0.25, 0.3) is 16.9 Å². The number of aromatic amines is 1. The Morgan fingerprint density at radius 3 is 2.46 bits per heavy atom. The number of benzene rings is 1. The van der Waals surface area contributed by atoms with Crippen molar-refractivity contribution in [2.45, 2.75) is 38.5 Å². The largest absolute Gasteiger partial charge is 0.495 e. The summed E-state index contributed by atoms with van der Waals surface area (Å²) in [5, 5.41) is 4.65. The zero-order valence-corrected chi connectivity index (χ0v) is 21.6. The molecule has 0 spiro atoms. The lowest BCUT2D eigenvalue weighted by molar-refractivity contribution is 0.222. The van der Waals surface area contributed by atoms with Crippen molar-refractivity contribution in [2.75, 3.05) is 46.9 Å². The van der Waals surface area contributed by atoms with E-state index in [0.717, 1.165) is 6.42 Å². The monoisotopic (exact) mass is 504 g/mol. The number of ether oxygens (including phenoxy) is 2. The molecule has 11 nitrogen and oxygen atoms in total. The van der Waals surface area contributed by atoms with E-state index in [2.05, 4.69) is 20.0 Å². The van der Waals surface area contributed by atoms with E-state index in [1.165, 1.54) is 23.5 Å². The topological polar surface area (TPSA) is 122 Å². The third kappa shape index (κ3) is 4.65. The number of nitrogens with one attached hydrogen (secondary N) is 1. The Labute approximate surface area is 204 Å². The van der Waals surface area contributed by atoms with Gasteiger partial charge in [0.05, 0.1) is 25.0 Å². The molecule has 0 unspecified atom stereocenters. The summed E-state index contributed by atoms with van der Waals surface area (Å²) in [7, 11) is -0.486. The van der Waals surface area contributed by atoms with Gasteiger partial charge in [-0.05, 0) is 33.4 Å². The zero-order valence-electron chi connectivity index (χ0n) is 20.8. The van der Waals surface area contributed by atoms with Crippen LogP contribution in [0.1, 0.15) is 31.8 Å². The lowest BCUT2D eigenvalue weighted by Gasteiger charge is -2.32. The van der Waals surface area contributed by atoms with Gasteiger partial charge in [-0.25, -0.2) is 17.9 Å². The molecule has 0 amide bonds. The predicted octanol–water partition coefficient (Wildman–Crippen LogP) is 1.69. The minimum absolute atomic E-state index is 0.00125. The summed E-state index contributed by atoms with van der Waals surface area (Å²) in [5.74, 6) is 1.39. The molecule has 4 rings (SSSR count). The third-order valence-electron chi connectivity index (χ3n) is 6.12. The number of sulfonamides is 1. The van der Waals surface area contributed by atoms with Crippen LogP contribution < -0.4 is 15.0 Å². The molecule has 1 fully saturated rings. The standard InChI is InChI=1S/C23H32N6O5S/c1-6-8-20-24-15(3)21-23(30)25-22(26-29(20)21)16-13-19(18(33-5)14-17(16)34-7-2)35(31,32)28-11-9-27(4)10-12-28/h13-14H,6-12H2,1-5H3,(H,25,26,30). The second-order valence-electron chi connectivity index (χ2n) is 8.57. The molecule has 2 aromatic heterocycles. The third-order valence-corrected chi connectivity index (χ3v) is 8.04. The number of hydrogen-bond donors (Lipinski definition) is 1. The van der Waals surface area contributed by atoms with E-state index < -0.39 is 10.0 Å². The SMILES string of the molecule is CCCc1nc(C)c2c(=O)[nH]c(-c3cc(S(=O)(=O)N4CCN(C)CC4)c(OC)cc3OCC)nn12. The molecule has 1 aliphatic heterocycles. The number of piperazine rings is 1. The van der Waals surface area contributed by atoms with Crippen LogP contribution in [0.4, 0.5) is 0 Å². The summed E-state index contributed by atoms with van der Waals surface area (Å²) in [5.41, 5.74) is 0.957. The number of aryl methyl sites for hydroxylation is 2. The van der Waals surface area contributed by atoms with Crippen LogP contribution in [-0.4, -0.2) is 84.1 Å². The van der Waals surface area contributed by atoms with Crippen LogP contribution in [0.3, 0.4) is 0 Å². The lowest BCUT2D eigenvalue weighted by atomic mass is 10.1. The van der Waals surface area contributed by atoms with Crippen LogP contribution in [0.15, 0.2) is 21.8 Å². The van der Waals surface area contributed by atoms with Crippen molar-refractivity contribution in [3.8, 4) is 22.9 Å². The first kappa shape index (κ1) is 25.1. The molecule has 0 atom stereocenters. The van der Waals surface area contributed by atoms with Crippen LogP contribution in [0, 0.1) is 6.92 Å². The molecule has 190 valence electrons. The van der Waals surface area contributed by atoms with E-state index in [4.69, 9.17) is 9.47 Å². The fraction of sp³-hybridized carbons (Fsp3) is 0.522. The van der Waals surface area contributed by atoms with E-state index in [0.29, 0.717) is 67.6 Å². The molecule has 1 saturated heterocycles. The summed E-state index contributed by atoms with van der Waals surface area (Å²) in [6, 6.07) is 3.02. The van der Waals surface area contributed by atoms with Crippen molar-refractivity contribution in [3.05, 3.63) is 34.0 Å². The van der Waals surface area contributed by atoms with Gasteiger partial charge in [0.15, 0.2) is 11.3 Å². The molecule has 0 saturated carbocycles. The molecule has 1 N–H and O–H groups in total. The van der Waals surface area contributed by atoms with Gasteiger partial charge >= 0.3 is 0 Å². The average Bonchev–Trinajstić information content (AvgIpc) is 3.14. The summed E-state index contributed by atoms with van der Waals surface area (Å²) < 4.78 is 41.5. The normalized spacial score (nSPS) is 15.6. The van der Waals surface area contributed by atoms with Crippen molar-refractivity contribution in [1.29, 1.82) is 0 Å². The molecular weight excluding hydrogens is 472 g/mol. The number of methoxy groups -OCH3 is 1. The fourth-order valence-electron chi connectivity index (χ4n) is 4.27. The van der Waals surface area contributed by atoms with Crippen LogP contribution in [0.5, 0.6) is 11.5 Å². The number of fused-ring (bicyclic) bond motifs is 1. The van der Waals surface area contributed by atoms with E-state index >= 15 is 0 Å². The molecule has 1 aromatic carbocycles. The molecular formula is C23H32N6O5S. The minimum Gasteiger partial charge on any atom is -0.495 e. The zero-order chi connectivity index (χ0) is 25.3. The first-order valence-corrected chi connectivity index (χ1v) is 13.2. The summed E-state index contributed by atoms with van der Waals surface area (Å²) in [6.45, 7) is 7.97. The Kier molecular flexibility index (Phi) is 7.15. The van der Waals surface area contributed by atoms with Crippen molar-refractivity contribution in [3.63, 3.8) is 0 Å². The smallest absolute Gasteiger partial charge is 0.277 e. The summed E-state index contributed by atoms with van der Waals surface area (Å²) >= 11 is 0. The molecule has 3 heterocycles. The van der Waals surface area contributed by atoms with Gasteiger partial charge in [0, 0.05) is 38.7 Å². The Hall–Kier alpha value is -2.96. The first-order valence-electron chi connectivity index (χ1n) is 11.7. The van der Waals surface area contributed by atoms with E-state index in [-0.39, 0.29) is 22.0 Å². The highest BCUT2D eigenvalue weighted by Gasteiger charge is 2.32. The minimum atomic E-state index is -3.87. The van der Waals surface area contributed by atoms with Gasteiger partial charge in [-0.3, -0.25) is 4.79 Å². The van der Waals surface area contributed by atoms with Gasteiger partial charge in [0.2, 0.25) is 10.0 Å². The van der Waals surface area contributed by atoms with Gasteiger partial charge in [-0.1, -0.05) is 6.92 Å². The van der Waals surface area contributed by atoms with Crippen molar-refractivity contribution < 1.29 is 17.9 Å². The van der Waals surface area contributed by atoms with Gasteiger partial charge in [0.25, 0.3) is 5.56 Å². The molecule has 0 bridgehead atoms. The average molecular weight is 505 g/mol. The summed E-state index contributed by atoms with van der Waals surface area (Å²) in [4.78, 5) is 22.4. The number of rotatable bonds is 8. The quantitative estimate of drug-likeness (QED) is 0.492. The Morgan fingerprint density at radius 2 is 1.83 bits per heavy atom. The molecule has 12 heteroatoms. The predicted molar refractivity (Wildman–Crippen MR) is 132 cm³/mol. The highest BCUT2D eigenvalue weighted by Crippen LogP contribution is 2.38. The van der Waals surface area contributed by atoms with E-state index in [9.17, 15) is 13.2 Å². The van der Waals surface area contributed by atoms with Crippen molar-refractivity contribution in [1.82, 2.24) is 28.8 Å². The maximum atomic E-state index is 13.6. The number of nitrogens with zero attached hydrogens (tertiary/aromatic N) is 5. The lowest BCUT2D eigenvalue weighted by Crippen LogP contribution is -2.47. The Balaban J connectivity index is 1.93. The number of hydrogen-bond acceptors (Lipinski definition) is 8. The highest BCUT2D eigenvalue weighted by atomic mass is 32.2. The highest BCUT2D eigenvalue weighted by molar-refractivity contribution is 7.89. The number of imidazole rings is 1. The van der Waals surface area contributed by atoms with Crippen molar-refractivity contribution >= 4 is 15.5 Å². The molecule has 1 aliphatic rings. The van der Waals surface area contributed by atoms with E-state index in [1.807, 2.05) is 20.9 Å². The van der Waals surface area contributed by atoms with Crippen molar-refractivity contribution in [2.24, 2.45) is 0 Å². The van der Waals surface area contributed by atoms with Gasteiger partial charge in [-0.2, -0.15) is 4.31 Å².